The number of amides is 1. The third kappa shape index (κ3) is 5.04. The first-order chi connectivity index (χ1) is 15.2. The molecule has 0 saturated heterocycles. The van der Waals surface area contributed by atoms with Crippen LogP contribution in [0.5, 0.6) is 0 Å². The molecule has 1 aliphatic carbocycles. The Morgan fingerprint density at radius 1 is 1.06 bits per heavy atom. The maximum Gasteiger partial charge on any atom is 0.341 e. The topological polar surface area (TPSA) is 81.7 Å². The number of esters is 2. The molecule has 1 unspecified atom stereocenters. The van der Waals surface area contributed by atoms with Gasteiger partial charge in [0, 0.05) is 10.4 Å². The Kier molecular flexibility index (Phi) is 7.39. The summed E-state index contributed by atoms with van der Waals surface area (Å²) < 4.78 is 10.5. The highest BCUT2D eigenvalue weighted by atomic mass is 32.1. The zero-order valence-electron chi connectivity index (χ0n) is 19.4. The summed E-state index contributed by atoms with van der Waals surface area (Å²) in [6.07, 6.45) is 2.18. The van der Waals surface area contributed by atoms with Crippen LogP contribution in [0.4, 0.5) is 5.00 Å². The van der Waals surface area contributed by atoms with E-state index in [4.69, 9.17) is 9.47 Å². The molecule has 0 bridgehead atoms. The molecule has 0 fully saturated rings. The Labute approximate surface area is 193 Å². The number of thiophene rings is 1. The largest absolute Gasteiger partial charge is 0.466 e. The van der Waals surface area contributed by atoms with Gasteiger partial charge < -0.3 is 14.8 Å². The van der Waals surface area contributed by atoms with Crippen LogP contribution >= 0.6 is 11.3 Å². The first kappa shape index (κ1) is 24.0. The van der Waals surface area contributed by atoms with Crippen LogP contribution in [0.1, 0.15) is 90.1 Å². The van der Waals surface area contributed by atoms with Crippen LogP contribution in [0.15, 0.2) is 24.3 Å². The van der Waals surface area contributed by atoms with Gasteiger partial charge in [-0.05, 0) is 61.8 Å². The van der Waals surface area contributed by atoms with E-state index < -0.39 is 11.9 Å². The number of rotatable bonds is 6. The van der Waals surface area contributed by atoms with E-state index in [-0.39, 0.29) is 36.1 Å². The van der Waals surface area contributed by atoms with Crippen molar-refractivity contribution in [2.45, 2.75) is 65.2 Å². The van der Waals surface area contributed by atoms with Crippen molar-refractivity contribution >= 4 is 34.2 Å². The van der Waals surface area contributed by atoms with E-state index in [1.807, 2.05) is 12.1 Å². The van der Waals surface area contributed by atoms with E-state index in [9.17, 15) is 14.4 Å². The summed E-state index contributed by atoms with van der Waals surface area (Å²) in [6.45, 7) is 10.3. The minimum absolute atomic E-state index is 0.0129. The van der Waals surface area contributed by atoms with Crippen molar-refractivity contribution in [1.29, 1.82) is 0 Å². The molecule has 7 heteroatoms. The monoisotopic (exact) mass is 457 g/mol. The number of carbonyl (C=O) groups is 3. The Morgan fingerprint density at radius 2 is 1.72 bits per heavy atom. The van der Waals surface area contributed by atoms with Gasteiger partial charge in [-0.25, -0.2) is 4.79 Å². The quantitative estimate of drug-likeness (QED) is 0.583. The summed E-state index contributed by atoms with van der Waals surface area (Å²) in [4.78, 5) is 39.4. The zero-order chi connectivity index (χ0) is 23.5. The molecule has 1 N–H and O–H groups in total. The highest BCUT2D eigenvalue weighted by Crippen LogP contribution is 2.44. The molecular weight excluding hydrogens is 426 g/mol. The highest BCUT2D eigenvalue weighted by Gasteiger charge is 2.37. The second-order valence-electron chi connectivity index (χ2n) is 8.84. The molecule has 3 rings (SSSR count). The number of fused-ring (bicyclic) bond motifs is 1. The number of carbonyl (C=O) groups excluding carboxylic acids is 3. The van der Waals surface area contributed by atoms with E-state index in [1.54, 1.807) is 26.0 Å². The lowest BCUT2D eigenvalue weighted by Gasteiger charge is -2.22. The zero-order valence-corrected chi connectivity index (χ0v) is 20.2. The molecule has 1 aromatic carbocycles. The third-order valence-electron chi connectivity index (χ3n) is 5.56. The van der Waals surface area contributed by atoms with E-state index in [1.165, 1.54) is 11.3 Å². The Bertz CT molecular complexity index is 1000. The van der Waals surface area contributed by atoms with Crippen LogP contribution in [0.25, 0.3) is 0 Å². The summed E-state index contributed by atoms with van der Waals surface area (Å²) in [6, 6.07) is 7.46. The van der Waals surface area contributed by atoms with Crippen LogP contribution in [0.3, 0.4) is 0 Å². The smallest absolute Gasteiger partial charge is 0.341 e. The maximum atomic E-state index is 13.0. The van der Waals surface area contributed by atoms with Gasteiger partial charge in [-0.3, -0.25) is 9.59 Å². The summed E-state index contributed by atoms with van der Waals surface area (Å²) in [7, 11) is 0. The molecule has 1 amide bonds. The second kappa shape index (κ2) is 9.86. The van der Waals surface area contributed by atoms with E-state index in [0.29, 0.717) is 22.5 Å². The average Bonchev–Trinajstić information content (AvgIpc) is 3.11. The molecule has 6 nitrogen and oxygen atoms in total. The van der Waals surface area contributed by atoms with Crippen molar-refractivity contribution in [1.82, 2.24) is 0 Å². The summed E-state index contributed by atoms with van der Waals surface area (Å²) >= 11 is 1.35. The lowest BCUT2D eigenvalue weighted by Crippen LogP contribution is -2.23. The van der Waals surface area contributed by atoms with Crippen molar-refractivity contribution in [3.8, 4) is 0 Å². The Morgan fingerprint density at radius 3 is 2.31 bits per heavy atom. The predicted molar refractivity (Wildman–Crippen MR) is 126 cm³/mol. The molecule has 1 aromatic heterocycles. The number of hydrogen-bond acceptors (Lipinski definition) is 6. The number of aryl methyl sites for hydroxylation is 1. The van der Waals surface area contributed by atoms with E-state index >= 15 is 0 Å². The number of ether oxygens (including phenoxy) is 2. The van der Waals surface area contributed by atoms with Crippen LogP contribution < -0.4 is 5.32 Å². The highest BCUT2D eigenvalue weighted by molar-refractivity contribution is 7.17. The van der Waals surface area contributed by atoms with E-state index in [2.05, 4.69) is 26.1 Å². The third-order valence-corrected chi connectivity index (χ3v) is 6.74. The summed E-state index contributed by atoms with van der Waals surface area (Å²) in [5.41, 5.74) is 2.55. The van der Waals surface area contributed by atoms with Gasteiger partial charge in [-0.2, -0.15) is 0 Å². The van der Waals surface area contributed by atoms with Gasteiger partial charge in [0.25, 0.3) is 5.91 Å². The van der Waals surface area contributed by atoms with Crippen LogP contribution in [-0.2, 0) is 26.1 Å². The second-order valence-corrected chi connectivity index (χ2v) is 9.95. The van der Waals surface area contributed by atoms with Gasteiger partial charge in [0.05, 0.1) is 24.7 Å². The lowest BCUT2D eigenvalue weighted by atomic mass is 9.85. The number of nitrogens with one attached hydrogen (secondary N) is 1. The van der Waals surface area contributed by atoms with E-state index in [0.717, 1.165) is 23.3 Å². The average molecular weight is 458 g/mol. The number of benzene rings is 1. The van der Waals surface area contributed by atoms with Gasteiger partial charge in [-0.15, -0.1) is 11.3 Å². The molecule has 0 radical (unpaired) electrons. The van der Waals surface area contributed by atoms with Gasteiger partial charge in [0.2, 0.25) is 0 Å². The van der Waals surface area contributed by atoms with Crippen molar-refractivity contribution in [3.05, 3.63) is 51.4 Å². The normalized spacial score (nSPS) is 15.6. The molecule has 0 aliphatic heterocycles. The van der Waals surface area contributed by atoms with Crippen LogP contribution in [0.2, 0.25) is 0 Å². The molecule has 0 saturated carbocycles. The molecule has 172 valence electrons. The number of anilines is 1. The number of hydrogen-bond donors (Lipinski definition) is 1. The molecule has 0 spiro atoms. The standard InChI is InChI=1S/C25H31NO5S/c1-6-30-23(28)17-9-8-10-18-19(17)20(24(29)31-7-2)22(32-18)26-21(27)15-11-13-16(14-12-15)25(3,4)5/h11-14,17H,6-10H2,1-5H3,(H,26,27). The van der Waals surface area contributed by atoms with Crippen LogP contribution in [-0.4, -0.2) is 31.1 Å². The molecule has 1 aliphatic rings. The summed E-state index contributed by atoms with van der Waals surface area (Å²) in [5.74, 6) is -1.69. The van der Waals surface area contributed by atoms with Crippen molar-refractivity contribution in [3.63, 3.8) is 0 Å². The maximum absolute atomic E-state index is 13.0. The minimum Gasteiger partial charge on any atom is -0.466 e. The van der Waals surface area contributed by atoms with Gasteiger partial charge >= 0.3 is 11.9 Å². The molecule has 32 heavy (non-hydrogen) atoms. The first-order valence-electron chi connectivity index (χ1n) is 11.1. The van der Waals surface area contributed by atoms with Crippen molar-refractivity contribution in [2.24, 2.45) is 0 Å². The molecule has 1 heterocycles. The van der Waals surface area contributed by atoms with Crippen LogP contribution in [0, 0.1) is 0 Å². The fourth-order valence-corrected chi connectivity index (χ4v) is 5.21. The predicted octanol–water partition coefficient (Wildman–Crippen LogP) is 5.46. The lowest BCUT2D eigenvalue weighted by molar-refractivity contribution is -0.145. The van der Waals surface area contributed by atoms with Crippen molar-refractivity contribution < 1.29 is 23.9 Å². The fourth-order valence-electron chi connectivity index (χ4n) is 3.93. The van der Waals surface area contributed by atoms with Gasteiger partial charge in [-0.1, -0.05) is 32.9 Å². The SMILES string of the molecule is CCOC(=O)c1c(NC(=O)c2ccc(C(C)(C)C)cc2)sc2c1C(C(=O)OCC)CCC2. The molecule has 1 atom stereocenters. The van der Waals surface area contributed by atoms with Gasteiger partial charge in [0.15, 0.2) is 0 Å². The molecule has 2 aromatic rings. The Hall–Kier alpha value is -2.67. The summed E-state index contributed by atoms with van der Waals surface area (Å²) in [5, 5.41) is 3.33. The van der Waals surface area contributed by atoms with Gasteiger partial charge in [0.1, 0.15) is 5.00 Å². The molecular formula is C25H31NO5S. The Balaban J connectivity index is 1.97. The first-order valence-corrected chi connectivity index (χ1v) is 11.9. The fraction of sp³-hybridized carbons (Fsp3) is 0.480. The van der Waals surface area contributed by atoms with Crippen molar-refractivity contribution in [2.75, 3.05) is 18.5 Å². The minimum atomic E-state index is -0.528.